The molecule has 0 bridgehead atoms. The fraction of sp³-hybridized carbons (Fsp3) is 0.222. The number of halogens is 1. The molecule has 96 valence electrons. The molecular formula is C18H17Br. The van der Waals surface area contributed by atoms with E-state index >= 15 is 0 Å². The van der Waals surface area contributed by atoms with Crippen LogP contribution in [0.2, 0.25) is 0 Å². The van der Waals surface area contributed by atoms with Gasteiger partial charge in [0, 0.05) is 9.90 Å². The standard InChI is InChI=1S/C18H17Br/c1-18(2)12-14-10-6-7-11-15(14)16(17(18)19)13-8-4-3-5-9-13/h3-11H,12H2,1-2H3. The number of benzene rings is 2. The number of rotatable bonds is 1. The molecule has 0 saturated carbocycles. The first kappa shape index (κ1) is 12.7. The van der Waals surface area contributed by atoms with Crippen LogP contribution in [0, 0.1) is 5.41 Å². The van der Waals surface area contributed by atoms with Crippen LogP contribution < -0.4 is 0 Å². The Morgan fingerprint density at radius 3 is 2.26 bits per heavy atom. The summed E-state index contributed by atoms with van der Waals surface area (Å²) in [6.07, 6.45) is 1.08. The van der Waals surface area contributed by atoms with Crippen LogP contribution in [0.3, 0.4) is 0 Å². The minimum atomic E-state index is 0.152. The summed E-state index contributed by atoms with van der Waals surface area (Å²) in [6.45, 7) is 4.60. The Kier molecular flexibility index (Phi) is 3.10. The van der Waals surface area contributed by atoms with E-state index in [0.717, 1.165) is 6.42 Å². The van der Waals surface area contributed by atoms with Gasteiger partial charge in [0.15, 0.2) is 0 Å². The van der Waals surface area contributed by atoms with Gasteiger partial charge in [-0.3, -0.25) is 0 Å². The second-order valence-corrected chi connectivity index (χ2v) is 6.57. The first-order chi connectivity index (χ1) is 9.09. The maximum Gasteiger partial charge on any atom is 0.00948 e. The molecule has 1 aliphatic rings. The van der Waals surface area contributed by atoms with Gasteiger partial charge in [-0.15, -0.1) is 0 Å². The van der Waals surface area contributed by atoms with Gasteiger partial charge < -0.3 is 0 Å². The first-order valence-corrected chi connectivity index (χ1v) is 7.43. The Balaban J connectivity index is 2.29. The largest absolute Gasteiger partial charge is 0.0622 e. The Hall–Kier alpha value is -1.34. The quantitative estimate of drug-likeness (QED) is 0.659. The van der Waals surface area contributed by atoms with Crippen molar-refractivity contribution in [3.05, 3.63) is 75.8 Å². The molecule has 0 aliphatic heterocycles. The SMILES string of the molecule is CC1(C)Cc2ccccc2C(c2ccccc2)=C1Br. The molecule has 1 heteroatoms. The molecular weight excluding hydrogens is 296 g/mol. The molecule has 0 radical (unpaired) electrons. The monoisotopic (exact) mass is 312 g/mol. The molecule has 1 aliphatic carbocycles. The molecule has 0 N–H and O–H groups in total. The third kappa shape index (κ3) is 2.17. The lowest BCUT2D eigenvalue weighted by molar-refractivity contribution is 0.465. The Morgan fingerprint density at radius 1 is 0.895 bits per heavy atom. The number of allylic oxidation sites excluding steroid dienone is 1. The molecule has 0 atom stereocenters. The van der Waals surface area contributed by atoms with Crippen molar-refractivity contribution >= 4 is 21.5 Å². The van der Waals surface area contributed by atoms with Gasteiger partial charge in [-0.2, -0.15) is 0 Å². The maximum absolute atomic E-state index is 3.86. The van der Waals surface area contributed by atoms with Crippen LogP contribution in [0.15, 0.2) is 59.1 Å². The smallest absolute Gasteiger partial charge is 0.00948 e. The van der Waals surface area contributed by atoms with Crippen LogP contribution in [0.25, 0.3) is 5.57 Å². The Bertz CT molecular complexity index is 636. The molecule has 0 aromatic heterocycles. The van der Waals surface area contributed by atoms with Crippen LogP contribution in [0.5, 0.6) is 0 Å². The van der Waals surface area contributed by atoms with E-state index in [4.69, 9.17) is 0 Å². The van der Waals surface area contributed by atoms with Crippen molar-refractivity contribution in [2.75, 3.05) is 0 Å². The molecule has 3 rings (SSSR count). The molecule has 0 saturated heterocycles. The molecule has 0 fully saturated rings. The van der Waals surface area contributed by atoms with Crippen molar-refractivity contribution in [3.63, 3.8) is 0 Å². The summed E-state index contributed by atoms with van der Waals surface area (Å²) in [5.74, 6) is 0. The van der Waals surface area contributed by atoms with Gasteiger partial charge in [0.25, 0.3) is 0 Å². The van der Waals surface area contributed by atoms with Crippen molar-refractivity contribution in [2.45, 2.75) is 20.3 Å². The summed E-state index contributed by atoms with van der Waals surface area (Å²) in [5.41, 5.74) is 5.58. The second-order valence-electron chi connectivity index (χ2n) is 5.77. The van der Waals surface area contributed by atoms with Gasteiger partial charge in [0.05, 0.1) is 0 Å². The summed E-state index contributed by atoms with van der Waals surface area (Å²) < 4.78 is 1.31. The van der Waals surface area contributed by atoms with E-state index in [0.29, 0.717) is 0 Å². The minimum absolute atomic E-state index is 0.152. The highest BCUT2D eigenvalue weighted by Gasteiger charge is 2.32. The van der Waals surface area contributed by atoms with Gasteiger partial charge in [-0.1, -0.05) is 84.4 Å². The summed E-state index contributed by atoms with van der Waals surface area (Å²) in [7, 11) is 0. The number of fused-ring (bicyclic) bond motifs is 1. The fourth-order valence-corrected chi connectivity index (χ4v) is 3.40. The van der Waals surface area contributed by atoms with Crippen LogP contribution in [-0.2, 0) is 6.42 Å². The first-order valence-electron chi connectivity index (χ1n) is 6.63. The summed E-state index contributed by atoms with van der Waals surface area (Å²) in [4.78, 5) is 0. The molecule has 0 nitrogen and oxygen atoms in total. The number of hydrogen-bond acceptors (Lipinski definition) is 0. The molecule has 19 heavy (non-hydrogen) atoms. The van der Waals surface area contributed by atoms with E-state index in [2.05, 4.69) is 84.4 Å². The highest BCUT2D eigenvalue weighted by molar-refractivity contribution is 9.11. The summed E-state index contributed by atoms with van der Waals surface area (Å²) >= 11 is 3.86. The van der Waals surface area contributed by atoms with Gasteiger partial charge in [-0.05, 0) is 28.7 Å². The lowest BCUT2D eigenvalue weighted by atomic mass is 9.74. The Labute approximate surface area is 123 Å². The van der Waals surface area contributed by atoms with Crippen LogP contribution >= 0.6 is 15.9 Å². The van der Waals surface area contributed by atoms with E-state index in [-0.39, 0.29) is 5.41 Å². The third-order valence-electron chi connectivity index (χ3n) is 3.80. The molecule has 0 unspecified atom stereocenters. The van der Waals surface area contributed by atoms with E-state index in [9.17, 15) is 0 Å². The van der Waals surface area contributed by atoms with Gasteiger partial charge in [-0.25, -0.2) is 0 Å². The second kappa shape index (κ2) is 4.64. The predicted molar refractivity (Wildman–Crippen MR) is 85.3 cm³/mol. The van der Waals surface area contributed by atoms with Crippen molar-refractivity contribution in [1.82, 2.24) is 0 Å². The number of hydrogen-bond donors (Lipinski definition) is 0. The molecule has 0 spiro atoms. The zero-order chi connectivity index (χ0) is 13.5. The van der Waals surface area contributed by atoms with Gasteiger partial charge in [0.2, 0.25) is 0 Å². The molecule has 0 amide bonds. The summed E-state index contributed by atoms with van der Waals surface area (Å²) in [5, 5.41) is 0. The zero-order valence-corrected chi connectivity index (χ0v) is 12.9. The lowest BCUT2D eigenvalue weighted by Gasteiger charge is -2.34. The maximum atomic E-state index is 3.86. The average molecular weight is 313 g/mol. The topological polar surface area (TPSA) is 0 Å². The van der Waals surface area contributed by atoms with Crippen molar-refractivity contribution in [2.24, 2.45) is 5.41 Å². The third-order valence-corrected chi connectivity index (χ3v) is 5.27. The Morgan fingerprint density at radius 2 is 1.53 bits per heavy atom. The van der Waals surface area contributed by atoms with Gasteiger partial charge >= 0.3 is 0 Å². The van der Waals surface area contributed by atoms with Crippen LogP contribution in [-0.4, -0.2) is 0 Å². The van der Waals surface area contributed by atoms with Crippen LogP contribution in [0.1, 0.15) is 30.5 Å². The van der Waals surface area contributed by atoms with Gasteiger partial charge in [0.1, 0.15) is 0 Å². The normalized spacial score (nSPS) is 17.2. The van der Waals surface area contributed by atoms with Crippen molar-refractivity contribution < 1.29 is 0 Å². The molecule has 2 aromatic carbocycles. The average Bonchev–Trinajstić information content (AvgIpc) is 2.41. The molecule has 2 aromatic rings. The zero-order valence-electron chi connectivity index (χ0n) is 11.3. The minimum Gasteiger partial charge on any atom is -0.0622 e. The van der Waals surface area contributed by atoms with E-state index in [1.165, 1.54) is 26.7 Å². The summed E-state index contributed by atoms with van der Waals surface area (Å²) in [6, 6.07) is 19.4. The highest BCUT2D eigenvalue weighted by Crippen LogP contribution is 2.47. The van der Waals surface area contributed by atoms with Crippen molar-refractivity contribution in [3.8, 4) is 0 Å². The van der Waals surface area contributed by atoms with E-state index in [1.807, 2.05) is 0 Å². The highest BCUT2D eigenvalue weighted by atomic mass is 79.9. The predicted octanol–water partition coefficient (Wildman–Crippen LogP) is 5.42. The van der Waals surface area contributed by atoms with E-state index in [1.54, 1.807) is 0 Å². The molecule has 0 heterocycles. The van der Waals surface area contributed by atoms with Crippen LogP contribution in [0.4, 0.5) is 0 Å². The van der Waals surface area contributed by atoms with E-state index < -0.39 is 0 Å². The fourth-order valence-electron chi connectivity index (χ4n) is 2.82. The lowest BCUT2D eigenvalue weighted by Crippen LogP contribution is -2.22. The van der Waals surface area contributed by atoms with Crippen molar-refractivity contribution in [1.29, 1.82) is 0 Å².